The number of rotatable bonds is 6. The van der Waals surface area contributed by atoms with Gasteiger partial charge in [-0.3, -0.25) is 0 Å². The molecule has 2 aromatic carbocycles. The molecule has 8 nitrogen and oxygen atoms in total. The van der Waals surface area contributed by atoms with Crippen molar-refractivity contribution in [1.82, 2.24) is 9.97 Å². The zero-order valence-electron chi connectivity index (χ0n) is 17.0. The predicted molar refractivity (Wildman–Crippen MR) is 112 cm³/mol. The third-order valence-electron chi connectivity index (χ3n) is 4.68. The molecular formula is C23H19N3O5. The van der Waals surface area contributed by atoms with E-state index in [1.54, 1.807) is 43.3 Å². The Bertz CT molecular complexity index is 1340. The van der Waals surface area contributed by atoms with Crippen LogP contribution in [0.3, 0.4) is 0 Å². The number of hydrogen-bond acceptors (Lipinski definition) is 8. The second kappa shape index (κ2) is 8.32. The van der Waals surface area contributed by atoms with Crippen molar-refractivity contribution < 1.29 is 23.8 Å². The fraction of sp³-hybridized carbons (Fsp3) is 0.217. The number of pyridine rings is 1. The molecule has 2 heterocycles. The molecule has 0 fully saturated rings. The summed E-state index contributed by atoms with van der Waals surface area (Å²) in [4.78, 5) is 20.6. The number of hydrogen-bond donors (Lipinski definition) is 1. The Morgan fingerprint density at radius 2 is 1.94 bits per heavy atom. The number of fused-ring (bicyclic) bond motifs is 2. The highest BCUT2D eigenvalue weighted by molar-refractivity contribution is 6.01. The highest BCUT2D eigenvalue weighted by atomic mass is 16.5. The van der Waals surface area contributed by atoms with Crippen LogP contribution < -0.4 is 4.74 Å². The molecule has 8 heteroatoms. The predicted octanol–water partition coefficient (Wildman–Crippen LogP) is 5.01. The van der Waals surface area contributed by atoms with Gasteiger partial charge in [0.1, 0.15) is 28.8 Å². The molecule has 0 aliphatic rings. The first-order chi connectivity index (χ1) is 15.0. The van der Waals surface area contributed by atoms with Crippen molar-refractivity contribution in [3.05, 3.63) is 53.7 Å². The van der Waals surface area contributed by atoms with Crippen molar-refractivity contribution in [2.24, 2.45) is 0 Å². The minimum Gasteiger partial charge on any atom is -0.505 e. The molecule has 0 atom stereocenters. The number of esters is 1. The summed E-state index contributed by atoms with van der Waals surface area (Å²) in [6.45, 7) is 3.94. The zero-order chi connectivity index (χ0) is 22.0. The lowest BCUT2D eigenvalue weighted by molar-refractivity contribution is 0.0489. The van der Waals surface area contributed by atoms with Crippen LogP contribution in [0.2, 0.25) is 0 Å². The number of oxazole rings is 1. The van der Waals surface area contributed by atoms with Crippen LogP contribution in [0.4, 0.5) is 0 Å². The van der Waals surface area contributed by atoms with Crippen molar-refractivity contribution in [1.29, 1.82) is 5.26 Å². The second-order valence-electron chi connectivity index (χ2n) is 6.93. The molecule has 0 amide bonds. The van der Waals surface area contributed by atoms with E-state index in [1.807, 2.05) is 13.0 Å². The lowest BCUT2D eigenvalue weighted by atomic mass is 10.1. The fourth-order valence-electron chi connectivity index (χ4n) is 3.17. The fourth-order valence-corrected chi connectivity index (χ4v) is 3.17. The van der Waals surface area contributed by atoms with E-state index in [2.05, 4.69) is 9.97 Å². The van der Waals surface area contributed by atoms with E-state index in [0.717, 1.165) is 11.9 Å². The molecule has 4 rings (SSSR count). The summed E-state index contributed by atoms with van der Waals surface area (Å²) in [5.74, 6) is 0.330. The first-order valence-electron chi connectivity index (χ1n) is 9.79. The third-order valence-corrected chi connectivity index (χ3v) is 4.68. The van der Waals surface area contributed by atoms with Gasteiger partial charge in [0.15, 0.2) is 22.9 Å². The molecule has 156 valence electrons. The minimum absolute atomic E-state index is 0.0142. The van der Waals surface area contributed by atoms with Gasteiger partial charge in [0.2, 0.25) is 0 Å². The van der Waals surface area contributed by atoms with Gasteiger partial charge in [0, 0.05) is 23.8 Å². The molecule has 0 unspecified atom stereocenters. The maximum Gasteiger partial charge on any atom is 0.360 e. The number of nitrogens with zero attached hydrogens (tertiary/aromatic N) is 3. The highest BCUT2D eigenvalue weighted by Gasteiger charge is 2.21. The lowest BCUT2D eigenvalue weighted by Gasteiger charge is -2.11. The van der Waals surface area contributed by atoms with Crippen LogP contribution in [0.1, 0.15) is 41.8 Å². The third kappa shape index (κ3) is 3.98. The van der Waals surface area contributed by atoms with Crippen molar-refractivity contribution in [2.75, 3.05) is 6.61 Å². The molecule has 0 radical (unpaired) electrons. The first kappa shape index (κ1) is 20.2. The average molecular weight is 417 g/mol. The van der Waals surface area contributed by atoms with E-state index in [-0.39, 0.29) is 29.1 Å². The summed E-state index contributed by atoms with van der Waals surface area (Å²) in [5.41, 5.74) is 1.03. The molecule has 0 spiro atoms. The van der Waals surface area contributed by atoms with Gasteiger partial charge in [-0.05, 0) is 36.8 Å². The molecule has 1 N–H and O–H groups in total. The monoisotopic (exact) mass is 417 g/mol. The molecule has 4 aromatic rings. The van der Waals surface area contributed by atoms with Crippen LogP contribution in [0.15, 0.2) is 40.8 Å². The van der Waals surface area contributed by atoms with Crippen molar-refractivity contribution in [3.8, 4) is 23.3 Å². The Morgan fingerprint density at radius 3 is 2.71 bits per heavy atom. The molecule has 0 saturated heterocycles. The molecule has 0 aliphatic carbocycles. The Balaban J connectivity index is 1.71. The van der Waals surface area contributed by atoms with Gasteiger partial charge in [-0.1, -0.05) is 13.3 Å². The maximum atomic E-state index is 12.4. The van der Waals surface area contributed by atoms with Gasteiger partial charge in [-0.25, -0.2) is 14.8 Å². The zero-order valence-corrected chi connectivity index (χ0v) is 17.0. The normalized spacial score (nSPS) is 10.9. The van der Waals surface area contributed by atoms with Crippen molar-refractivity contribution in [3.63, 3.8) is 0 Å². The quantitative estimate of drug-likeness (QED) is 0.343. The number of aromatic hydroxyl groups is 1. The van der Waals surface area contributed by atoms with Crippen molar-refractivity contribution in [2.45, 2.75) is 26.7 Å². The van der Waals surface area contributed by atoms with Crippen LogP contribution in [-0.2, 0) is 4.74 Å². The van der Waals surface area contributed by atoms with Gasteiger partial charge in [-0.15, -0.1) is 0 Å². The maximum absolute atomic E-state index is 12.4. The summed E-state index contributed by atoms with van der Waals surface area (Å²) in [6.07, 6.45) is 1.55. The van der Waals surface area contributed by atoms with Crippen LogP contribution in [0, 0.1) is 18.3 Å². The van der Waals surface area contributed by atoms with Gasteiger partial charge >= 0.3 is 5.97 Å². The molecule has 0 bridgehead atoms. The SMILES string of the molecule is CCCCOC(=O)c1nc(C#N)c2ccc(Oc3ccc4nc(C)oc4c3)cc2c1O. The van der Waals surface area contributed by atoms with E-state index in [9.17, 15) is 15.2 Å². The number of carbonyl (C=O) groups excluding carboxylic acids is 1. The van der Waals surface area contributed by atoms with E-state index < -0.39 is 5.97 Å². The van der Waals surface area contributed by atoms with Crippen molar-refractivity contribution >= 4 is 27.8 Å². The molecule has 0 aliphatic heterocycles. The Labute approximate surface area is 177 Å². The number of aryl methyl sites for hydroxylation is 1. The summed E-state index contributed by atoms with van der Waals surface area (Å²) >= 11 is 0. The summed E-state index contributed by atoms with van der Waals surface area (Å²) in [5, 5.41) is 20.8. The standard InChI is InChI=1S/C23H19N3O5/c1-3-4-9-29-23(28)21-22(27)17-10-14(5-7-16(17)19(12-24)26-21)31-15-6-8-18-20(11-15)30-13(2)25-18/h5-8,10-11,27H,3-4,9H2,1-2H3. The molecule has 2 aromatic heterocycles. The van der Waals surface area contributed by atoms with Crippen LogP contribution in [0.25, 0.3) is 21.9 Å². The first-order valence-corrected chi connectivity index (χ1v) is 9.79. The van der Waals surface area contributed by atoms with E-state index in [1.165, 1.54) is 0 Å². The van der Waals surface area contributed by atoms with Crippen LogP contribution >= 0.6 is 0 Å². The average Bonchev–Trinajstić information content (AvgIpc) is 3.13. The van der Waals surface area contributed by atoms with Gasteiger partial charge < -0.3 is 19.0 Å². The van der Waals surface area contributed by atoms with Crippen LogP contribution in [-0.4, -0.2) is 27.7 Å². The number of nitriles is 1. The summed E-state index contributed by atoms with van der Waals surface area (Å²) in [7, 11) is 0. The summed E-state index contributed by atoms with van der Waals surface area (Å²) in [6, 6.07) is 12.0. The topological polar surface area (TPSA) is 118 Å². The molecule has 0 saturated carbocycles. The molecular weight excluding hydrogens is 398 g/mol. The Morgan fingerprint density at radius 1 is 1.16 bits per heavy atom. The number of carbonyl (C=O) groups is 1. The van der Waals surface area contributed by atoms with E-state index >= 15 is 0 Å². The number of unbranched alkanes of at least 4 members (excludes halogenated alkanes) is 1. The number of ether oxygens (including phenoxy) is 2. The van der Waals surface area contributed by atoms with E-state index in [0.29, 0.717) is 34.8 Å². The number of aromatic nitrogens is 2. The summed E-state index contributed by atoms with van der Waals surface area (Å²) < 4.78 is 16.6. The van der Waals surface area contributed by atoms with Gasteiger partial charge in [0.25, 0.3) is 0 Å². The molecule has 31 heavy (non-hydrogen) atoms. The Hall–Kier alpha value is -4.12. The van der Waals surface area contributed by atoms with E-state index in [4.69, 9.17) is 13.9 Å². The lowest BCUT2D eigenvalue weighted by Crippen LogP contribution is -2.10. The van der Waals surface area contributed by atoms with Gasteiger partial charge in [-0.2, -0.15) is 5.26 Å². The number of benzene rings is 2. The second-order valence-corrected chi connectivity index (χ2v) is 6.93. The van der Waals surface area contributed by atoms with Gasteiger partial charge in [0.05, 0.1) is 6.61 Å². The smallest absolute Gasteiger partial charge is 0.360 e. The highest BCUT2D eigenvalue weighted by Crippen LogP contribution is 2.34. The Kier molecular flexibility index (Phi) is 5.41. The largest absolute Gasteiger partial charge is 0.505 e. The van der Waals surface area contributed by atoms with Crippen LogP contribution in [0.5, 0.6) is 17.2 Å². The minimum atomic E-state index is -0.776.